The summed E-state index contributed by atoms with van der Waals surface area (Å²) in [6, 6.07) is 21.4. The Morgan fingerprint density at radius 2 is 1.71 bits per heavy atom. The summed E-state index contributed by atoms with van der Waals surface area (Å²) >= 11 is 1.59. The molecule has 0 aliphatic heterocycles. The fourth-order valence-electron chi connectivity index (χ4n) is 3.09. The van der Waals surface area contributed by atoms with Crippen LogP contribution in [0.2, 0.25) is 0 Å². The highest BCUT2D eigenvalue weighted by molar-refractivity contribution is 7.98. The van der Waals surface area contributed by atoms with Crippen LogP contribution in [-0.4, -0.2) is 36.5 Å². The fraction of sp³-hybridized carbons (Fsp3) is 0.231. The number of anilines is 1. The highest BCUT2D eigenvalue weighted by Crippen LogP contribution is 2.19. The first-order chi connectivity index (χ1) is 16.5. The molecular formula is C26H27FN2O4S. The maximum absolute atomic E-state index is 13.3. The van der Waals surface area contributed by atoms with Crippen molar-refractivity contribution in [3.05, 3.63) is 90.2 Å². The molecule has 3 rings (SSSR count). The van der Waals surface area contributed by atoms with E-state index in [4.69, 9.17) is 9.47 Å². The van der Waals surface area contributed by atoms with Gasteiger partial charge in [-0.3, -0.25) is 9.59 Å². The molecule has 1 atom stereocenters. The average Bonchev–Trinajstić information content (AvgIpc) is 2.85. The van der Waals surface area contributed by atoms with Crippen molar-refractivity contribution in [1.82, 2.24) is 5.32 Å². The zero-order valence-electron chi connectivity index (χ0n) is 18.8. The molecule has 0 aliphatic carbocycles. The number of hydrogen-bond acceptors (Lipinski definition) is 5. The third kappa shape index (κ3) is 8.44. The third-order valence-corrected chi connectivity index (χ3v) is 5.42. The molecule has 2 N–H and O–H groups in total. The molecule has 0 heterocycles. The van der Waals surface area contributed by atoms with Gasteiger partial charge in [0, 0.05) is 11.8 Å². The van der Waals surface area contributed by atoms with E-state index < -0.39 is 6.04 Å². The quantitative estimate of drug-likeness (QED) is 0.393. The van der Waals surface area contributed by atoms with Crippen molar-refractivity contribution < 1.29 is 23.5 Å². The summed E-state index contributed by atoms with van der Waals surface area (Å²) < 4.78 is 24.5. The number of carbonyl (C=O) groups excluding carboxylic acids is 2. The number of rotatable bonds is 12. The zero-order chi connectivity index (χ0) is 24.2. The minimum Gasteiger partial charge on any atom is -0.489 e. The Kier molecular flexibility index (Phi) is 9.79. The van der Waals surface area contributed by atoms with Gasteiger partial charge in [-0.1, -0.05) is 36.4 Å². The molecule has 34 heavy (non-hydrogen) atoms. The molecule has 0 aromatic heterocycles. The van der Waals surface area contributed by atoms with Crippen molar-refractivity contribution in [2.45, 2.75) is 19.1 Å². The molecule has 3 aromatic carbocycles. The number of benzene rings is 3. The first-order valence-corrected chi connectivity index (χ1v) is 12.2. The topological polar surface area (TPSA) is 76.7 Å². The molecule has 8 heteroatoms. The molecule has 0 fully saturated rings. The number of nitrogens with one attached hydrogen (secondary N) is 2. The van der Waals surface area contributed by atoms with Gasteiger partial charge in [0.1, 0.15) is 30.0 Å². The second kappa shape index (κ2) is 13.3. The highest BCUT2D eigenvalue weighted by atomic mass is 32.2. The summed E-state index contributed by atoms with van der Waals surface area (Å²) in [6.07, 6.45) is 2.41. The van der Waals surface area contributed by atoms with Crippen molar-refractivity contribution in [2.75, 3.05) is 23.9 Å². The molecule has 2 amide bonds. The van der Waals surface area contributed by atoms with Crippen LogP contribution in [0.1, 0.15) is 12.0 Å². The minimum atomic E-state index is -0.712. The molecule has 0 bridgehead atoms. The second-order valence-electron chi connectivity index (χ2n) is 7.44. The van der Waals surface area contributed by atoms with Crippen LogP contribution in [0, 0.1) is 5.82 Å². The van der Waals surface area contributed by atoms with E-state index in [9.17, 15) is 14.0 Å². The summed E-state index contributed by atoms with van der Waals surface area (Å²) in [6.45, 7) is 0.0133. The second-order valence-corrected chi connectivity index (χ2v) is 8.42. The van der Waals surface area contributed by atoms with Crippen LogP contribution in [-0.2, 0) is 16.2 Å². The Morgan fingerprint density at radius 1 is 0.941 bits per heavy atom. The Morgan fingerprint density at radius 3 is 2.47 bits per heavy atom. The van der Waals surface area contributed by atoms with Gasteiger partial charge in [-0.2, -0.15) is 11.8 Å². The molecule has 0 saturated heterocycles. The van der Waals surface area contributed by atoms with Gasteiger partial charge >= 0.3 is 0 Å². The number of amides is 2. The van der Waals surface area contributed by atoms with Crippen LogP contribution in [0.5, 0.6) is 11.5 Å². The lowest BCUT2D eigenvalue weighted by atomic mass is 10.2. The molecule has 0 aliphatic rings. The largest absolute Gasteiger partial charge is 0.489 e. The van der Waals surface area contributed by atoms with Crippen LogP contribution < -0.4 is 20.1 Å². The van der Waals surface area contributed by atoms with Gasteiger partial charge in [-0.25, -0.2) is 4.39 Å². The number of thioether (sulfide) groups is 1. The monoisotopic (exact) mass is 482 g/mol. The number of halogens is 1. The zero-order valence-corrected chi connectivity index (χ0v) is 19.6. The van der Waals surface area contributed by atoms with Crippen LogP contribution in [0.25, 0.3) is 0 Å². The smallest absolute Gasteiger partial charge is 0.258 e. The SMILES string of the molecule is CSCCC(NC(=O)COc1ccccc1)C(=O)Nc1cccc(OCc2cccc(F)c2)c1. The van der Waals surface area contributed by atoms with Crippen LogP contribution >= 0.6 is 11.8 Å². The van der Waals surface area contributed by atoms with Gasteiger partial charge in [-0.15, -0.1) is 0 Å². The maximum atomic E-state index is 13.3. The lowest BCUT2D eigenvalue weighted by molar-refractivity contribution is -0.127. The minimum absolute atomic E-state index is 0.184. The van der Waals surface area contributed by atoms with E-state index in [0.29, 0.717) is 34.9 Å². The third-order valence-electron chi connectivity index (χ3n) is 4.77. The number of carbonyl (C=O) groups is 2. The van der Waals surface area contributed by atoms with Crippen molar-refractivity contribution in [1.29, 1.82) is 0 Å². The van der Waals surface area contributed by atoms with Gasteiger partial charge < -0.3 is 20.1 Å². The number of hydrogen-bond donors (Lipinski definition) is 2. The summed E-state index contributed by atoms with van der Waals surface area (Å²) in [5.41, 5.74) is 1.23. The lowest BCUT2D eigenvalue weighted by Gasteiger charge is -2.19. The van der Waals surface area contributed by atoms with Gasteiger partial charge in [0.05, 0.1) is 0 Å². The van der Waals surface area contributed by atoms with Crippen LogP contribution in [0.3, 0.4) is 0 Å². The molecule has 3 aromatic rings. The maximum Gasteiger partial charge on any atom is 0.258 e. The summed E-state index contributed by atoms with van der Waals surface area (Å²) in [5.74, 6) is 0.784. The van der Waals surface area contributed by atoms with E-state index in [0.717, 1.165) is 0 Å². The first kappa shape index (κ1) is 25.1. The molecule has 1 unspecified atom stereocenters. The van der Waals surface area contributed by atoms with E-state index >= 15 is 0 Å². The Hall–Kier alpha value is -3.52. The van der Waals surface area contributed by atoms with Gasteiger partial charge in [0.2, 0.25) is 5.91 Å². The molecule has 6 nitrogen and oxygen atoms in total. The number of para-hydroxylation sites is 1. The Bertz CT molecular complexity index is 1080. The van der Waals surface area contributed by atoms with Crippen molar-refractivity contribution in [3.63, 3.8) is 0 Å². The molecule has 0 spiro atoms. The summed E-state index contributed by atoms with van der Waals surface area (Å²) in [7, 11) is 0. The van der Waals surface area contributed by atoms with E-state index in [1.54, 1.807) is 60.3 Å². The first-order valence-electron chi connectivity index (χ1n) is 10.8. The Balaban J connectivity index is 1.56. The summed E-state index contributed by atoms with van der Waals surface area (Å²) in [5, 5.41) is 5.59. The average molecular weight is 483 g/mol. The van der Waals surface area contributed by atoms with Gasteiger partial charge in [0.15, 0.2) is 6.61 Å². The van der Waals surface area contributed by atoms with Crippen molar-refractivity contribution >= 4 is 29.3 Å². The van der Waals surface area contributed by atoms with Gasteiger partial charge in [-0.05, 0) is 60.4 Å². The standard InChI is InChI=1S/C26H27FN2O4S/c1-34-14-13-24(29-25(30)18-33-22-10-3-2-4-11-22)26(31)28-21-9-6-12-23(16-21)32-17-19-7-5-8-20(27)15-19/h2-12,15-16,24H,13-14,17-18H2,1H3,(H,28,31)(H,29,30). The van der Waals surface area contributed by atoms with E-state index in [2.05, 4.69) is 10.6 Å². The molecular weight excluding hydrogens is 455 g/mol. The Labute approximate surface area is 202 Å². The lowest BCUT2D eigenvalue weighted by Crippen LogP contribution is -2.45. The number of ether oxygens (including phenoxy) is 2. The predicted octanol–water partition coefficient (Wildman–Crippen LogP) is 4.66. The van der Waals surface area contributed by atoms with Crippen molar-refractivity contribution in [3.8, 4) is 11.5 Å². The van der Waals surface area contributed by atoms with E-state index in [-0.39, 0.29) is 30.8 Å². The summed E-state index contributed by atoms with van der Waals surface area (Å²) in [4.78, 5) is 25.3. The van der Waals surface area contributed by atoms with Crippen molar-refractivity contribution in [2.24, 2.45) is 0 Å². The predicted molar refractivity (Wildman–Crippen MR) is 133 cm³/mol. The fourth-order valence-corrected chi connectivity index (χ4v) is 3.56. The van der Waals surface area contributed by atoms with Crippen LogP contribution in [0.15, 0.2) is 78.9 Å². The molecule has 0 radical (unpaired) electrons. The van der Waals surface area contributed by atoms with E-state index in [1.165, 1.54) is 12.1 Å². The molecule has 178 valence electrons. The molecule has 0 saturated carbocycles. The van der Waals surface area contributed by atoms with Crippen LogP contribution in [0.4, 0.5) is 10.1 Å². The normalized spacial score (nSPS) is 11.4. The van der Waals surface area contributed by atoms with Gasteiger partial charge in [0.25, 0.3) is 5.91 Å². The van der Waals surface area contributed by atoms with E-state index in [1.807, 2.05) is 24.5 Å². The highest BCUT2D eigenvalue weighted by Gasteiger charge is 2.21.